The second-order valence-electron chi connectivity index (χ2n) is 7.10. The second kappa shape index (κ2) is 6.99. The molecule has 0 bridgehead atoms. The lowest BCUT2D eigenvalue weighted by Crippen LogP contribution is -2.30. The summed E-state index contributed by atoms with van der Waals surface area (Å²) >= 11 is 0. The molecule has 1 aromatic heterocycles. The Balaban J connectivity index is 1.23. The number of ether oxygens (including phenoxy) is 2. The van der Waals surface area contributed by atoms with Crippen LogP contribution in [0, 0.1) is 0 Å². The summed E-state index contributed by atoms with van der Waals surface area (Å²) in [6.45, 7) is 1.62. The van der Waals surface area contributed by atoms with E-state index in [1.807, 2.05) is 64.3 Å². The predicted molar refractivity (Wildman–Crippen MR) is 102 cm³/mol. The number of carbonyl (C=O) groups is 1. The van der Waals surface area contributed by atoms with Gasteiger partial charge >= 0.3 is 0 Å². The number of rotatable bonds is 4. The van der Waals surface area contributed by atoms with Crippen molar-refractivity contribution in [2.75, 3.05) is 19.9 Å². The van der Waals surface area contributed by atoms with Crippen molar-refractivity contribution in [1.29, 1.82) is 0 Å². The van der Waals surface area contributed by atoms with Crippen LogP contribution >= 0.6 is 0 Å². The molecule has 1 saturated heterocycles. The Hall–Kier alpha value is -3.35. The summed E-state index contributed by atoms with van der Waals surface area (Å²) in [6.07, 6.45) is 3.20. The van der Waals surface area contributed by atoms with E-state index in [4.69, 9.17) is 9.47 Å². The van der Waals surface area contributed by atoms with Crippen LogP contribution in [0.1, 0.15) is 18.0 Å². The Morgan fingerprint density at radius 2 is 1.96 bits per heavy atom. The molecule has 1 atom stereocenters. The Morgan fingerprint density at radius 3 is 2.86 bits per heavy atom. The van der Waals surface area contributed by atoms with Gasteiger partial charge in [0.1, 0.15) is 5.69 Å². The smallest absolute Gasteiger partial charge is 0.231 e. The second-order valence-corrected chi connectivity index (χ2v) is 7.10. The molecule has 1 fully saturated rings. The third kappa shape index (κ3) is 3.19. The molecule has 3 aromatic rings. The van der Waals surface area contributed by atoms with Gasteiger partial charge in [-0.3, -0.25) is 4.79 Å². The average molecular weight is 376 g/mol. The number of hydrogen-bond donors (Lipinski definition) is 0. The number of nitrogens with zero attached hydrogens (tertiary/aromatic N) is 4. The highest BCUT2D eigenvalue weighted by Crippen LogP contribution is 2.33. The minimum absolute atomic E-state index is 0.116. The monoisotopic (exact) mass is 376 g/mol. The van der Waals surface area contributed by atoms with Gasteiger partial charge < -0.3 is 14.4 Å². The fourth-order valence-electron chi connectivity index (χ4n) is 3.72. The normalized spacial score (nSPS) is 17.9. The molecule has 28 heavy (non-hydrogen) atoms. The predicted octanol–water partition coefficient (Wildman–Crippen LogP) is 2.69. The van der Waals surface area contributed by atoms with E-state index in [0.717, 1.165) is 35.5 Å². The number of benzene rings is 2. The quantitative estimate of drug-likeness (QED) is 0.700. The Labute approximate surface area is 162 Å². The van der Waals surface area contributed by atoms with Gasteiger partial charge in [-0.15, -0.1) is 5.10 Å². The molecule has 7 heteroatoms. The summed E-state index contributed by atoms with van der Waals surface area (Å²) in [4.78, 5) is 14.6. The Morgan fingerprint density at radius 1 is 1.11 bits per heavy atom. The molecule has 0 saturated carbocycles. The van der Waals surface area contributed by atoms with Crippen LogP contribution in [0.15, 0.2) is 54.7 Å². The third-order valence-corrected chi connectivity index (χ3v) is 5.26. The van der Waals surface area contributed by atoms with Crippen molar-refractivity contribution in [2.45, 2.75) is 18.9 Å². The van der Waals surface area contributed by atoms with Crippen molar-refractivity contribution in [3.63, 3.8) is 0 Å². The fraction of sp³-hybridized carbons (Fsp3) is 0.286. The molecule has 2 aliphatic rings. The summed E-state index contributed by atoms with van der Waals surface area (Å²) < 4.78 is 12.6. The van der Waals surface area contributed by atoms with Gasteiger partial charge in [0.25, 0.3) is 0 Å². The lowest BCUT2D eigenvalue weighted by atomic mass is 10.1. The van der Waals surface area contributed by atoms with E-state index in [0.29, 0.717) is 18.7 Å². The van der Waals surface area contributed by atoms with E-state index in [1.165, 1.54) is 0 Å². The van der Waals surface area contributed by atoms with Crippen LogP contribution in [0.2, 0.25) is 0 Å². The van der Waals surface area contributed by atoms with Gasteiger partial charge in [-0.2, -0.15) is 0 Å². The lowest BCUT2D eigenvalue weighted by molar-refractivity contribution is -0.129. The summed E-state index contributed by atoms with van der Waals surface area (Å²) in [5, 5.41) is 8.58. The maximum atomic E-state index is 12.7. The van der Waals surface area contributed by atoms with Gasteiger partial charge in [0.15, 0.2) is 11.5 Å². The summed E-state index contributed by atoms with van der Waals surface area (Å²) in [5.74, 6) is 1.56. The molecule has 2 aliphatic heterocycles. The highest BCUT2D eigenvalue weighted by Gasteiger charge is 2.28. The molecule has 0 N–H and O–H groups in total. The number of amides is 1. The molecule has 0 aliphatic carbocycles. The topological polar surface area (TPSA) is 69.5 Å². The van der Waals surface area contributed by atoms with Crippen LogP contribution in [0.25, 0.3) is 11.3 Å². The number of aromatic nitrogens is 3. The zero-order valence-electron chi connectivity index (χ0n) is 15.3. The molecular weight excluding hydrogens is 356 g/mol. The van der Waals surface area contributed by atoms with Crippen molar-refractivity contribution in [1.82, 2.24) is 19.9 Å². The van der Waals surface area contributed by atoms with E-state index in [9.17, 15) is 4.79 Å². The number of likely N-dealkylation sites (tertiary alicyclic amines) is 1. The van der Waals surface area contributed by atoms with Crippen LogP contribution < -0.4 is 9.47 Å². The minimum Gasteiger partial charge on any atom is -0.454 e. The van der Waals surface area contributed by atoms with E-state index < -0.39 is 0 Å². The van der Waals surface area contributed by atoms with Gasteiger partial charge in [-0.05, 0) is 24.1 Å². The van der Waals surface area contributed by atoms with E-state index in [1.54, 1.807) is 0 Å². The van der Waals surface area contributed by atoms with E-state index >= 15 is 0 Å². The van der Waals surface area contributed by atoms with Crippen LogP contribution in [0.3, 0.4) is 0 Å². The highest BCUT2D eigenvalue weighted by atomic mass is 16.7. The lowest BCUT2D eigenvalue weighted by Gasteiger charge is -2.16. The minimum atomic E-state index is 0.116. The maximum absolute atomic E-state index is 12.7. The first kappa shape index (κ1) is 16.8. The molecule has 0 unspecified atom stereocenters. The SMILES string of the molecule is O=C(Cc1ccc2c(c1)OCO2)N1CC[C@@H](n2cc(-c3ccccc3)nn2)C1. The first-order chi connectivity index (χ1) is 13.8. The standard InChI is InChI=1S/C21H20N4O3/c26-21(11-15-6-7-19-20(10-15)28-14-27-19)24-9-8-17(12-24)25-13-18(22-23-25)16-4-2-1-3-5-16/h1-7,10,13,17H,8-9,11-12,14H2/t17-/m1/s1. The molecule has 0 spiro atoms. The maximum Gasteiger partial charge on any atom is 0.231 e. The zero-order valence-corrected chi connectivity index (χ0v) is 15.3. The van der Waals surface area contributed by atoms with Crippen LogP contribution in [0.4, 0.5) is 0 Å². The zero-order chi connectivity index (χ0) is 18.9. The van der Waals surface area contributed by atoms with Crippen molar-refractivity contribution in [3.05, 3.63) is 60.3 Å². The largest absolute Gasteiger partial charge is 0.454 e. The summed E-state index contributed by atoms with van der Waals surface area (Å²) in [6, 6.07) is 15.8. The number of fused-ring (bicyclic) bond motifs is 1. The van der Waals surface area contributed by atoms with Gasteiger partial charge in [0.05, 0.1) is 18.7 Å². The molecule has 7 nitrogen and oxygen atoms in total. The van der Waals surface area contributed by atoms with Gasteiger partial charge in [-0.1, -0.05) is 41.6 Å². The van der Waals surface area contributed by atoms with Crippen LogP contribution in [-0.4, -0.2) is 45.7 Å². The molecule has 5 rings (SSSR count). The van der Waals surface area contributed by atoms with E-state index in [-0.39, 0.29) is 18.7 Å². The van der Waals surface area contributed by atoms with Crippen LogP contribution in [-0.2, 0) is 11.2 Å². The number of hydrogen-bond acceptors (Lipinski definition) is 5. The van der Waals surface area contributed by atoms with Crippen molar-refractivity contribution in [3.8, 4) is 22.8 Å². The highest BCUT2D eigenvalue weighted by molar-refractivity contribution is 5.79. The van der Waals surface area contributed by atoms with Crippen molar-refractivity contribution in [2.24, 2.45) is 0 Å². The average Bonchev–Trinajstić information content (AvgIpc) is 3.47. The third-order valence-electron chi connectivity index (χ3n) is 5.26. The fourth-order valence-corrected chi connectivity index (χ4v) is 3.72. The summed E-state index contributed by atoms with van der Waals surface area (Å²) in [7, 11) is 0. The first-order valence-corrected chi connectivity index (χ1v) is 9.40. The molecule has 2 aromatic carbocycles. The van der Waals surface area contributed by atoms with Gasteiger partial charge in [-0.25, -0.2) is 4.68 Å². The summed E-state index contributed by atoms with van der Waals surface area (Å²) in [5.41, 5.74) is 2.83. The van der Waals surface area contributed by atoms with Gasteiger partial charge in [0.2, 0.25) is 12.7 Å². The first-order valence-electron chi connectivity index (χ1n) is 9.40. The molecular formula is C21H20N4O3. The number of carbonyl (C=O) groups excluding carboxylic acids is 1. The molecule has 1 amide bonds. The van der Waals surface area contributed by atoms with Crippen molar-refractivity contribution < 1.29 is 14.3 Å². The van der Waals surface area contributed by atoms with E-state index in [2.05, 4.69) is 10.3 Å². The molecule has 0 radical (unpaired) electrons. The van der Waals surface area contributed by atoms with Crippen LogP contribution in [0.5, 0.6) is 11.5 Å². The molecule has 142 valence electrons. The molecule has 3 heterocycles. The van der Waals surface area contributed by atoms with Crippen molar-refractivity contribution >= 4 is 5.91 Å². The Bertz CT molecular complexity index is 1000. The van der Waals surface area contributed by atoms with Gasteiger partial charge in [0, 0.05) is 18.7 Å². The Kier molecular flexibility index (Phi) is 4.20.